The molecule has 0 aliphatic carbocycles. The number of hydrogen-bond acceptors (Lipinski definition) is 7. The predicted octanol–water partition coefficient (Wildman–Crippen LogP) is 1.72. The fourth-order valence-corrected chi connectivity index (χ4v) is 2.92. The van der Waals surface area contributed by atoms with E-state index in [9.17, 15) is 27.2 Å². The molecule has 188 valence electrons. The molecule has 3 aromatic rings. The lowest BCUT2D eigenvalue weighted by atomic mass is 10.2. The predicted molar refractivity (Wildman–Crippen MR) is 112 cm³/mol. The number of ether oxygens (including phenoxy) is 1. The topological polar surface area (TPSA) is 129 Å². The first-order valence-electron chi connectivity index (χ1n) is 10.3. The zero-order chi connectivity index (χ0) is 25.6. The molecule has 0 radical (unpaired) electrons. The number of alkyl halides is 3. The number of aryl methyl sites for hydroxylation is 1. The van der Waals surface area contributed by atoms with Gasteiger partial charge in [-0.3, -0.25) is 14.3 Å². The molecule has 15 heteroatoms. The lowest BCUT2D eigenvalue weighted by Crippen LogP contribution is -2.24. The number of rotatable bonds is 11. The zero-order valence-corrected chi connectivity index (χ0v) is 18.7. The Morgan fingerprint density at radius 1 is 1.11 bits per heavy atom. The molecule has 2 amide bonds. The maximum Gasteiger partial charge on any atom is 0.394 e. The molecule has 2 heterocycles. The largest absolute Gasteiger partial charge is 0.433 e. The summed E-state index contributed by atoms with van der Waals surface area (Å²) in [6, 6.07) is 3.05. The van der Waals surface area contributed by atoms with Gasteiger partial charge in [0.15, 0.2) is 11.4 Å². The van der Waals surface area contributed by atoms with E-state index in [1.807, 2.05) is 0 Å². The van der Waals surface area contributed by atoms with Crippen molar-refractivity contribution in [3.05, 3.63) is 53.4 Å². The Bertz CT molecular complexity index is 1180. The van der Waals surface area contributed by atoms with E-state index in [4.69, 9.17) is 0 Å². The maximum absolute atomic E-state index is 14.3. The minimum absolute atomic E-state index is 0.0135. The molecule has 11 nitrogen and oxygen atoms in total. The van der Waals surface area contributed by atoms with Crippen LogP contribution in [-0.2, 0) is 19.6 Å². The molecule has 0 saturated carbocycles. The summed E-state index contributed by atoms with van der Waals surface area (Å²) in [7, 11) is 1.44. The molecule has 35 heavy (non-hydrogen) atoms. The Morgan fingerprint density at radius 2 is 1.77 bits per heavy atom. The van der Waals surface area contributed by atoms with Gasteiger partial charge < -0.3 is 15.4 Å². The normalized spacial score (nSPS) is 12.3. The van der Waals surface area contributed by atoms with E-state index in [1.165, 1.54) is 28.8 Å². The van der Waals surface area contributed by atoms with Gasteiger partial charge in [0.2, 0.25) is 0 Å². The van der Waals surface area contributed by atoms with Gasteiger partial charge in [0.05, 0.1) is 18.9 Å². The van der Waals surface area contributed by atoms with Crippen LogP contribution in [0.5, 0.6) is 5.75 Å². The van der Waals surface area contributed by atoms with E-state index >= 15 is 0 Å². The summed E-state index contributed by atoms with van der Waals surface area (Å²) in [6.07, 6.45) is -2.17. The van der Waals surface area contributed by atoms with Crippen LogP contribution in [0.25, 0.3) is 0 Å². The Kier molecular flexibility index (Phi) is 7.98. The van der Waals surface area contributed by atoms with Crippen molar-refractivity contribution in [2.45, 2.75) is 45.3 Å². The molecule has 0 spiro atoms. The molecule has 1 aromatic carbocycles. The van der Waals surface area contributed by atoms with Gasteiger partial charge in [0, 0.05) is 39.0 Å². The third-order valence-electron chi connectivity index (χ3n) is 4.58. The first-order chi connectivity index (χ1) is 16.5. The van der Waals surface area contributed by atoms with Crippen molar-refractivity contribution in [1.82, 2.24) is 40.6 Å². The number of carbonyl (C=O) groups excluding carboxylic acids is 2. The van der Waals surface area contributed by atoms with E-state index in [0.717, 1.165) is 18.2 Å². The van der Waals surface area contributed by atoms with E-state index in [-0.39, 0.29) is 48.8 Å². The highest BCUT2D eigenvalue weighted by Gasteiger charge is 2.23. The standard InChI is InChI=1S/C20H22F4N8O3/c1-20(23,24)35-14-3-4-15(22)12(7-14)8-26-19(34)17-10-31(29-28-17)6-5-13(21)9-32-11-16(27-30-32)18(33)25-2/h3-4,7,10-11,13H,5-6,8-9H2,1-2H3,(H,25,33)(H,26,34). The van der Waals surface area contributed by atoms with Crippen molar-refractivity contribution >= 4 is 11.8 Å². The Labute approximate surface area is 196 Å². The van der Waals surface area contributed by atoms with E-state index < -0.39 is 29.9 Å². The summed E-state index contributed by atoms with van der Waals surface area (Å²) in [6.45, 7) is 0.193. The molecule has 0 aliphatic rings. The molecule has 2 N–H and O–H groups in total. The van der Waals surface area contributed by atoms with Gasteiger partial charge in [-0.05, 0) is 18.2 Å². The first kappa shape index (κ1) is 25.6. The van der Waals surface area contributed by atoms with Crippen LogP contribution in [0, 0.1) is 5.82 Å². The number of aromatic nitrogens is 6. The van der Waals surface area contributed by atoms with Crippen molar-refractivity contribution in [3.63, 3.8) is 0 Å². The van der Waals surface area contributed by atoms with Crippen molar-refractivity contribution in [2.24, 2.45) is 0 Å². The number of carbonyl (C=O) groups is 2. The number of halogens is 4. The molecule has 0 saturated heterocycles. The fraction of sp³-hybridized carbons (Fsp3) is 0.400. The van der Waals surface area contributed by atoms with Crippen LogP contribution in [0.4, 0.5) is 17.6 Å². The van der Waals surface area contributed by atoms with Gasteiger partial charge in [-0.2, -0.15) is 8.78 Å². The van der Waals surface area contributed by atoms with Crippen LogP contribution in [-0.4, -0.2) is 61.1 Å². The highest BCUT2D eigenvalue weighted by Crippen LogP contribution is 2.23. The molecule has 1 unspecified atom stereocenters. The fourth-order valence-electron chi connectivity index (χ4n) is 2.92. The Hall–Kier alpha value is -4.04. The molecular weight excluding hydrogens is 476 g/mol. The van der Waals surface area contributed by atoms with Crippen molar-refractivity contribution in [2.75, 3.05) is 7.05 Å². The lowest BCUT2D eigenvalue weighted by Gasteiger charge is -2.14. The summed E-state index contributed by atoms with van der Waals surface area (Å²) in [5, 5.41) is 19.6. The van der Waals surface area contributed by atoms with Gasteiger partial charge in [0.25, 0.3) is 11.8 Å². The van der Waals surface area contributed by atoms with Crippen LogP contribution in [0.3, 0.4) is 0 Å². The quantitative estimate of drug-likeness (QED) is 0.385. The molecule has 0 aliphatic heterocycles. The van der Waals surface area contributed by atoms with Crippen molar-refractivity contribution in [3.8, 4) is 5.75 Å². The van der Waals surface area contributed by atoms with Crippen LogP contribution >= 0.6 is 0 Å². The van der Waals surface area contributed by atoms with Gasteiger partial charge in [0.1, 0.15) is 17.7 Å². The van der Waals surface area contributed by atoms with Gasteiger partial charge >= 0.3 is 6.11 Å². The molecular formula is C20H22F4N8O3. The van der Waals surface area contributed by atoms with Gasteiger partial charge in [-0.1, -0.05) is 10.4 Å². The second kappa shape index (κ2) is 10.9. The van der Waals surface area contributed by atoms with E-state index in [2.05, 4.69) is 36.0 Å². The molecule has 1 atom stereocenters. The summed E-state index contributed by atoms with van der Waals surface area (Å²) < 4.78 is 61.1. The summed E-state index contributed by atoms with van der Waals surface area (Å²) in [4.78, 5) is 23.8. The third kappa shape index (κ3) is 7.48. The second-order valence-electron chi connectivity index (χ2n) is 7.50. The van der Waals surface area contributed by atoms with Crippen LogP contribution in [0.2, 0.25) is 0 Å². The molecule has 0 fully saturated rings. The summed E-state index contributed by atoms with van der Waals surface area (Å²) >= 11 is 0. The lowest BCUT2D eigenvalue weighted by molar-refractivity contribution is -0.159. The average Bonchev–Trinajstić information content (AvgIpc) is 3.46. The number of hydrogen-bond donors (Lipinski definition) is 2. The smallest absolute Gasteiger partial charge is 0.394 e. The SMILES string of the molecule is CNC(=O)c1cn(CC(F)CCn2cc(C(=O)NCc3cc(OC(C)(F)F)ccc3F)nn2)nn1. The first-order valence-corrected chi connectivity index (χ1v) is 10.3. The van der Waals surface area contributed by atoms with Crippen molar-refractivity contribution < 1.29 is 31.9 Å². The van der Waals surface area contributed by atoms with Crippen molar-refractivity contribution in [1.29, 1.82) is 0 Å². The Balaban J connectivity index is 1.49. The van der Waals surface area contributed by atoms with Crippen LogP contribution < -0.4 is 15.4 Å². The van der Waals surface area contributed by atoms with E-state index in [1.54, 1.807) is 0 Å². The highest BCUT2D eigenvalue weighted by atomic mass is 19.3. The van der Waals surface area contributed by atoms with Gasteiger partial charge in [-0.25, -0.2) is 13.5 Å². The Morgan fingerprint density at radius 3 is 2.46 bits per heavy atom. The highest BCUT2D eigenvalue weighted by molar-refractivity contribution is 5.92. The third-order valence-corrected chi connectivity index (χ3v) is 4.58. The summed E-state index contributed by atoms with van der Waals surface area (Å²) in [5.74, 6) is -2.11. The number of nitrogens with zero attached hydrogens (tertiary/aromatic N) is 6. The van der Waals surface area contributed by atoms with E-state index in [0.29, 0.717) is 6.92 Å². The zero-order valence-electron chi connectivity index (χ0n) is 18.7. The number of amides is 2. The average molecular weight is 498 g/mol. The molecule has 2 aromatic heterocycles. The number of nitrogens with one attached hydrogen (secondary N) is 2. The monoisotopic (exact) mass is 498 g/mol. The maximum atomic E-state index is 14.3. The summed E-state index contributed by atoms with van der Waals surface area (Å²) in [5.41, 5.74) is -0.102. The second-order valence-corrected chi connectivity index (χ2v) is 7.50. The van der Waals surface area contributed by atoms with Crippen LogP contribution in [0.1, 0.15) is 39.9 Å². The molecule has 3 rings (SSSR count). The van der Waals surface area contributed by atoms with Crippen LogP contribution in [0.15, 0.2) is 30.6 Å². The minimum atomic E-state index is -3.45. The van der Waals surface area contributed by atoms with Gasteiger partial charge in [-0.15, -0.1) is 10.2 Å². The molecule has 0 bridgehead atoms. The number of benzene rings is 1. The minimum Gasteiger partial charge on any atom is -0.433 e.